The number of ether oxygens (including phenoxy) is 4. The molecule has 0 radical (unpaired) electrons. The number of nitrogens with one attached hydrogen (secondary N) is 1. The number of unbranched alkanes of at least 4 members (excludes halogenated alkanes) is 1. The monoisotopic (exact) mass is 723 g/mol. The summed E-state index contributed by atoms with van der Waals surface area (Å²) in [6.07, 6.45) is -12.3. The molecule has 276 valence electrons. The molecule has 1 amide bonds. The van der Waals surface area contributed by atoms with Crippen LogP contribution in [0.25, 0.3) is 0 Å². The summed E-state index contributed by atoms with van der Waals surface area (Å²) in [5, 5.41) is 47.2. The van der Waals surface area contributed by atoms with E-state index in [-0.39, 0.29) is 34.4 Å². The molecule has 0 bridgehead atoms. The summed E-state index contributed by atoms with van der Waals surface area (Å²) in [7, 11) is 1.25. The van der Waals surface area contributed by atoms with Crippen LogP contribution in [-0.4, -0.2) is 99.7 Å². The Morgan fingerprint density at radius 2 is 1.76 bits per heavy atom. The molecule has 1 heterocycles. The molecule has 0 saturated carbocycles. The lowest BCUT2D eigenvalue weighted by Crippen LogP contribution is -2.57. The Balaban J connectivity index is 1.58. The molecular formula is C34H36F3NO13. The van der Waals surface area contributed by atoms with Crippen molar-refractivity contribution in [2.45, 2.75) is 94.8 Å². The van der Waals surface area contributed by atoms with Gasteiger partial charge in [0.25, 0.3) is 0 Å². The SMILES string of the molecule is CCCCC(=O)OCC(=O)[C@]1(O)Cc2c(O)c3c(c(O)c2[C@@H](OC2C[C@H](NC(=O)C(F)(F)F)[C@H](O)[C@H](C)O2)C1)C(=O)c1c(OC)cccc1C3=O. The molecule has 1 aliphatic heterocycles. The number of aliphatic hydroxyl groups is 2. The fraction of sp³-hybridized carbons (Fsp3) is 0.500. The molecule has 14 nitrogen and oxygen atoms in total. The third-order valence-corrected chi connectivity index (χ3v) is 9.29. The molecule has 1 unspecified atom stereocenters. The fourth-order valence-electron chi connectivity index (χ4n) is 6.64. The van der Waals surface area contributed by atoms with E-state index in [1.807, 2.05) is 6.92 Å². The summed E-state index contributed by atoms with van der Waals surface area (Å²) in [6, 6.07) is 2.58. The molecule has 5 N–H and O–H groups in total. The van der Waals surface area contributed by atoms with Gasteiger partial charge in [0.15, 0.2) is 18.7 Å². The van der Waals surface area contributed by atoms with E-state index in [1.54, 1.807) is 5.32 Å². The number of fused-ring (bicyclic) bond motifs is 3. The van der Waals surface area contributed by atoms with Gasteiger partial charge in [-0.15, -0.1) is 0 Å². The normalized spacial score (nSPS) is 25.7. The number of rotatable bonds is 10. The Morgan fingerprint density at radius 3 is 2.41 bits per heavy atom. The first-order valence-corrected chi connectivity index (χ1v) is 16.1. The quantitative estimate of drug-likeness (QED) is 0.150. The summed E-state index contributed by atoms with van der Waals surface area (Å²) < 4.78 is 61.1. The smallest absolute Gasteiger partial charge is 0.471 e. The highest BCUT2D eigenvalue weighted by Gasteiger charge is 2.51. The molecule has 2 aromatic rings. The number of alkyl halides is 3. The van der Waals surface area contributed by atoms with E-state index in [1.165, 1.54) is 32.2 Å². The van der Waals surface area contributed by atoms with Crippen LogP contribution < -0.4 is 10.1 Å². The zero-order chi connectivity index (χ0) is 37.6. The van der Waals surface area contributed by atoms with Crippen molar-refractivity contribution < 1.29 is 76.5 Å². The van der Waals surface area contributed by atoms with Crippen LogP contribution in [0.2, 0.25) is 0 Å². The standard InChI is InChI=1S/C34H36F3NO13/c1-4-5-9-21(40)49-13-20(39)33(47)11-16-24(19(12-33)51-22-10-17(27(41)14(2)50-22)38-32(46)34(35,36)37)31(45)26-25(29(16)43)28(42)15-7-6-8-18(48-3)23(15)30(26)44/h6-8,14,17,19,22,27,41,43,45,47H,4-5,9-13H2,1-3H3,(H,38,46)/t14-,17-,19-,22?,27+,33-/m0/s1. The van der Waals surface area contributed by atoms with Gasteiger partial charge in [0, 0.05) is 42.4 Å². The van der Waals surface area contributed by atoms with Crippen LogP contribution in [-0.2, 0) is 35.0 Å². The van der Waals surface area contributed by atoms with Crippen molar-refractivity contribution in [1.82, 2.24) is 5.32 Å². The van der Waals surface area contributed by atoms with Crippen molar-refractivity contribution in [2.75, 3.05) is 13.7 Å². The Bertz CT molecular complexity index is 1780. The van der Waals surface area contributed by atoms with Crippen LogP contribution >= 0.6 is 0 Å². The summed E-state index contributed by atoms with van der Waals surface area (Å²) in [6.45, 7) is 2.21. The average Bonchev–Trinajstić information content (AvgIpc) is 3.07. The largest absolute Gasteiger partial charge is 0.507 e. The number of esters is 1. The predicted octanol–water partition coefficient (Wildman–Crippen LogP) is 2.46. The number of benzene rings is 2. The van der Waals surface area contributed by atoms with Crippen molar-refractivity contribution in [1.29, 1.82) is 0 Å². The number of phenols is 2. The lowest BCUT2D eigenvalue weighted by Gasteiger charge is -2.43. The predicted molar refractivity (Wildman–Crippen MR) is 165 cm³/mol. The van der Waals surface area contributed by atoms with Gasteiger partial charge in [0.1, 0.15) is 29.0 Å². The van der Waals surface area contributed by atoms with Crippen LogP contribution in [0.4, 0.5) is 13.2 Å². The third kappa shape index (κ3) is 7.02. The van der Waals surface area contributed by atoms with Crippen LogP contribution in [0.5, 0.6) is 17.2 Å². The molecule has 17 heteroatoms. The second-order valence-electron chi connectivity index (χ2n) is 12.7. The highest BCUT2D eigenvalue weighted by molar-refractivity contribution is 6.31. The average molecular weight is 724 g/mol. The summed E-state index contributed by atoms with van der Waals surface area (Å²) in [5.74, 6) is -7.66. The third-order valence-electron chi connectivity index (χ3n) is 9.29. The number of carbonyl (C=O) groups excluding carboxylic acids is 5. The van der Waals surface area contributed by atoms with E-state index in [4.69, 9.17) is 18.9 Å². The molecule has 0 aromatic heterocycles. The van der Waals surface area contributed by atoms with Crippen LogP contribution in [0.1, 0.15) is 95.0 Å². The number of aliphatic hydroxyl groups excluding tert-OH is 1. The van der Waals surface area contributed by atoms with Crippen LogP contribution in [0.15, 0.2) is 18.2 Å². The Kier molecular flexibility index (Phi) is 10.5. The number of methoxy groups -OCH3 is 1. The molecule has 5 rings (SSSR count). The van der Waals surface area contributed by atoms with Crippen LogP contribution in [0, 0.1) is 0 Å². The second kappa shape index (κ2) is 14.2. The van der Waals surface area contributed by atoms with Gasteiger partial charge in [-0.25, -0.2) is 0 Å². The number of hydrogen-bond donors (Lipinski definition) is 5. The van der Waals surface area contributed by atoms with E-state index in [0.717, 1.165) is 0 Å². The molecule has 6 atom stereocenters. The minimum Gasteiger partial charge on any atom is -0.507 e. The number of phenolic OH excluding ortho intramolecular Hbond substituents is 2. The van der Waals surface area contributed by atoms with Crippen molar-refractivity contribution >= 4 is 29.2 Å². The number of amides is 1. The minimum absolute atomic E-state index is 0.00489. The Morgan fingerprint density at radius 1 is 1.08 bits per heavy atom. The van der Waals surface area contributed by atoms with E-state index in [2.05, 4.69) is 0 Å². The maximum atomic E-state index is 13.9. The fourth-order valence-corrected chi connectivity index (χ4v) is 6.64. The van der Waals surface area contributed by atoms with E-state index in [0.29, 0.717) is 12.8 Å². The highest BCUT2D eigenvalue weighted by Crippen LogP contribution is 2.52. The summed E-state index contributed by atoms with van der Waals surface area (Å²) in [4.78, 5) is 64.9. The van der Waals surface area contributed by atoms with Gasteiger partial charge in [-0.1, -0.05) is 25.5 Å². The molecular weight excluding hydrogens is 687 g/mol. The van der Waals surface area contributed by atoms with Crippen molar-refractivity contribution in [3.63, 3.8) is 0 Å². The number of ketones is 3. The first kappa shape index (κ1) is 37.7. The van der Waals surface area contributed by atoms with E-state index >= 15 is 0 Å². The lowest BCUT2D eigenvalue weighted by atomic mass is 9.72. The maximum Gasteiger partial charge on any atom is 0.471 e. The Hall–Kier alpha value is -4.58. The highest BCUT2D eigenvalue weighted by atomic mass is 19.4. The molecule has 2 aliphatic carbocycles. The minimum atomic E-state index is -5.29. The van der Waals surface area contributed by atoms with Gasteiger partial charge in [-0.2, -0.15) is 13.2 Å². The van der Waals surface area contributed by atoms with Crippen molar-refractivity contribution in [2.24, 2.45) is 0 Å². The van der Waals surface area contributed by atoms with E-state index < -0.39 is 120 Å². The number of halogens is 3. The topological polar surface area (TPSA) is 215 Å². The first-order chi connectivity index (χ1) is 23.9. The maximum absolute atomic E-state index is 13.9. The summed E-state index contributed by atoms with van der Waals surface area (Å²) >= 11 is 0. The lowest BCUT2D eigenvalue weighted by molar-refractivity contribution is -0.250. The van der Waals surface area contributed by atoms with Gasteiger partial charge in [-0.3, -0.25) is 24.0 Å². The van der Waals surface area contributed by atoms with Gasteiger partial charge in [0.05, 0.1) is 42.0 Å². The Labute approximate surface area is 288 Å². The number of carbonyl (C=O) groups is 5. The molecule has 2 aromatic carbocycles. The summed E-state index contributed by atoms with van der Waals surface area (Å²) in [5.41, 5.74) is -4.85. The zero-order valence-electron chi connectivity index (χ0n) is 27.7. The van der Waals surface area contributed by atoms with Crippen molar-refractivity contribution in [3.8, 4) is 17.2 Å². The molecule has 1 fully saturated rings. The second-order valence-corrected chi connectivity index (χ2v) is 12.7. The molecule has 1 saturated heterocycles. The van der Waals surface area contributed by atoms with Gasteiger partial charge in [-0.05, 0) is 19.4 Å². The number of hydrogen-bond acceptors (Lipinski definition) is 13. The first-order valence-electron chi connectivity index (χ1n) is 16.1. The molecule has 3 aliphatic rings. The molecule has 51 heavy (non-hydrogen) atoms. The number of aromatic hydroxyl groups is 2. The molecule has 0 spiro atoms. The van der Waals surface area contributed by atoms with Crippen molar-refractivity contribution in [3.05, 3.63) is 51.6 Å². The van der Waals surface area contributed by atoms with Gasteiger partial charge < -0.3 is 44.7 Å². The van der Waals surface area contributed by atoms with Crippen LogP contribution in [0.3, 0.4) is 0 Å². The van der Waals surface area contributed by atoms with E-state index in [9.17, 15) is 57.6 Å². The van der Waals surface area contributed by atoms with Gasteiger partial charge in [0.2, 0.25) is 11.6 Å². The zero-order valence-corrected chi connectivity index (χ0v) is 27.7. The van der Waals surface area contributed by atoms with Gasteiger partial charge >= 0.3 is 18.1 Å². The number of Topliss-reactive ketones (excluding diaryl/α,β-unsaturated/α-hetero) is 1.